The molecule has 2 N–H and O–H groups in total. The van der Waals surface area contributed by atoms with Crippen molar-refractivity contribution in [2.45, 2.75) is 26.2 Å². The smallest absolute Gasteiger partial charge is 0.193 e. The number of halogens is 1. The average Bonchev–Trinajstić information content (AvgIpc) is 2.40. The van der Waals surface area contributed by atoms with Gasteiger partial charge in [-0.3, -0.25) is 4.79 Å². The summed E-state index contributed by atoms with van der Waals surface area (Å²) in [5.41, 5.74) is 8.77. The molecule has 0 fully saturated rings. The molecule has 2 aromatic carbocycles. The SMILES string of the molecule is CC(C)(C)c1ccccc1C(=O)c1ccc(N)c(Br)c1. The highest BCUT2D eigenvalue weighted by Gasteiger charge is 2.22. The quantitative estimate of drug-likeness (QED) is 0.647. The van der Waals surface area contributed by atoms with E-state index in [-0.39, 0.29) is 11.2 Å². The molecule has 0 spiro atoms. The van der Waals surface area contributed by atoms with Gasteiger partial charge >= 0.3 is 0 Å². The molecular weight excluding hydrogens is 314 g/mol. The van der Waals surface area contributed by atoms with E-state index in [2.05, 4.69) is 36.7 Å². The third kappa shape index (κ3) is 2.93. The van der Waals surface area contributed by atoms with E-state index in [1.165, 1.54) is 0 Å². The number of hydrogen-bond donors (Lipinski definition) is 1. The first-order valence-electron chi connectivity index (χ1n) is 6.50. The summed E-state index contributed by atoms with van der Waals surface area (Å²) < 4.78 is 0.747. The topological polar surface area (TPSA) is 43.1 Å². The summed E-state index contributed by atoms with van der Waals surface area (Å²) in [6.45, 7) is 6.33. The van der Waals surface area contributed by atoms with Gasteiger partial charge in [0.2, 0.25) is 0 Å². The first-order valence-corrected chi connectivity index (χ1v) is 7.29. The molecule has 0 aliphatic heterocycles. The van der Waals surface area contributed by atoms with Crippen molar-refractivity contribution in [1.29, 1.82) is 0 Å². The lowest BCUT2D eigenvalue weighted by atomic mass is 9.82. The van der Waals surface area contributed by atoms with Gasteiger partial charge in [-0.2, -0.15) is 0 Å². The lowest BCUT2D eigenvalue weighted by Gasteiger charge is -2.22. The number of ketones is 1. The first kappa shape index (κ1) is 14.8. The van der Waals surface area contributed by atoms with Gasteiger partial charge in [0.25, 0.3) is 0 Å². The zero-order chi connectivity index (χ0) is 14.9. The minimum absolute atomic E-state index is 0.0243. The number of carbonyl (C=O) groups excluding carboxylic acids is 1. The predicted octanol–water partition coefficient (Wildman–Crippen LogP) is 4.56. The third-order valence-corrected chi connectivity index (χ3v) is 3.93. The zero-order valence-electron chi connectivity index (χ0n) is 11.9. The van der Waals surface area contributed by atoms with Crippen molar-refractivity contribution < 1.29 is 4.79 Å². The molecule has 0 aliphatic rings. The Labute approximate surface area is 128 Å². The molecule has 0 saturated heterocycles. The summed E-state index contributed by atoms with van der Waals surface area (Å²) in [4.78, 5) is 12.7. The molecule has 0 atom stereocenters. The van der Waals surface area contributed by atoms with Gasteiger partial charge in [-0.25, -0.2) is 0 Å². The molecule has 0 aromatic heterocycles. The highest BCUT2D eigenvalue weighted by Crippen LogP contribution is 2.28. The summed E-state index contributed by atoms with van der Waals surface area (Å²) in [5.74, 6) is 0.0243. The first-order chi connectivity index (χ1) is 9.30. The lowest BCUT2D eigenvalue weighted by Crippen LogP contribution is -2.17. The largest absolute Gasteiger partial charge is 0.398 e. The molecule has 104 valence electrons. The maximum Gasteiger partial charge on any atom is 0.193 e. The van der Waals surface area contributed by atoms with Crippen molar-refractivity contribution in [2.24, 2.45) is 0 Å². The Balaban J connectivity index is 2.51. The summed E-state index contributed by atoms with van der Waals surface area (Å²) >= 11 is 3.37. The van der Waals surface area contributed by atoms with Crippen LogP contribution < -0.4 is 5.73 Å². The van der Waals surface area contributed by atoms with Crippen LogP contribution in [0.1, 0.15) is 42.3 Å². The van der Waals surface area contributed by atoms with E-state index >= 15 is 0 Å². The van der Waals surface area contributed by atoms with Crippen molar-refractivity contribution >= 4 is 27.4 Å². The van der Waals surface area contributed by atoms with Crippen LogP contribution in [-0.4, -0.2) is 5.78 Å². The lowest BCUT2D eigenvalue weighted by molar-refractivity contribution is 0.103. The van der Waals surface area contributed by atoms with Gasteiger partial charge in [0, 0.05) is 21.3 Å². The fourth-order valence-corrected chi connectivity index (χ4v) is 2.54. The predicted molar refractivity (Wildman–Crippen MR) is 87.1 cm³/mol. The van der Waals surface area contributed by atoms with E-state index < -0.39 is 0 Å². The van der Waals surface area contributed by atoms with Crippen LogP contribution in [0.15, 0.2) is 46.9 Å². The summed E-state index contributed by atoms with van der Waals surface area (Å²) in [5, 5.41) is 0. The van der Waals surface area contributed by atoms with Crippen LogP contribution in [0, 0.1) is 0 Å². The Morgan fingerprint density at radius 2 is 1.75 bits per heavy atom. The second-order valence-corrected chi connectivity index (χ2v) is 6.72. The Morgan fingerprint density at radius 3 is 2.35 bits per heavy atom. The second-order valence-electron chi connectivity index (χ2n) is 5.86. The highest BCUT2D eigenvalue weighted by molar-refractivity contribution is 9.10. The molecule has 0 radical (unpaired) electrons. The second kappa shape index (κ2) is 5.41. The Bertz CT molecular complexity index is 656. The minimum atomic E-state index is -0.0721. The van der Waals surface area contributed by atoms with Gasteiger partial charge < -0.3 is 5.73 Å². The number of nitrogens with two attached hydrogens (primary N) is 1. The maximum atomic E-state index is 12.7. The molecule has 2 aromatic rings. The van der Waals surface area contributed by atoms with E-state index in [4.69, 9.17) is 5.73 Å². The number of hydrogen-bond acceptors (Lipinski definition) is 2. The van der Waals surface area contributed by atoms with E-state index in [1.807, 2.05) is 24.3 Å². The van der Waals surface area contributed by atoms with Crippen LogP contribution in [-0.2, 0) is 5.41 Å². The summed E-state index contributed by atoms with van der Waals surface area (Å²) in [6.07, 6.45) is 0. The van der Waals surface area contributed by atoms with E-state index in [0.29, 0.717) is 11.3 Å². The van der Waals surface area contributed by atoms with E-state index in [0.717, 1.165) is 15.6 Å². The van der Waals surface area contributed by atoms with Crippen molar-refractivity contribution in [3.63, 3.8) is 0 Å². The number of anilines is 1. The van der Waals surface area contributed by atoms with Crippen LogP contribution in [0.3, 0.4) is 0 Å². The average molecular weight is 332 g/mol. The van der Waals surface area contributed by atoms with Crippen molar-refractivity contribution in [3.05, 3.63) is 63.6 Å². The molecule has 0 aliphatic carbocycles. The zero-order valence-corrected chi connectivity index (χ0v) is 13.5. The number of rotatable bonds is 2. The highest BCUT2D eigenvalue weighted by atomic mass is 79.9. The molecule has 0 heterocycles. The molecule has 0 bridgehead atoms. The Kier molecular flexibility index (Phi) is 4.00. The monoisotopic (exact) mass is 331 g/mol. The molecular formula is C17H18BrNO. The Hall–Kier alpha value is -1.61. The summed E-state index contributed by atoms with van der Waals surface area (Å²) in [7, 11) is 0. The standard InChI is InChI=1S/C17H18BrNO/c1-17(2,3)13-7-5-4-6-12(13)16(20)11-8-9-15(19)14(18)10-11/h4-10H,19H2,1-3H3. The number of benzene rings is 2. The fraction of sp³-hybridized carbons (Fsp3) is 0.235. The van der Waals surface area contributed by atoms with Crippen LogP contribution in [0.5, 0.6) is 0 Å². The van der Waals surface area contributed by atoms with Crippen LogP contribution in [0.2, 0.25) is 0 Å². The van der Waals surface area contributed by atoms with Crippen molar-refractivity contribution in [2.75, 3.05) is 5.73 Å². The van der Waals surface area contributed by atoms with Crippen LogP contribution in [0.25, 0.3) is 0 Å². The van der Waals surface area contributed by atoms with Gasteiger partial charge in [-0.1, -0.05) is 45.0 Å². The van der Waals surface area contributed by atoms with Crippen molar-refractivity contribution in [3.8, 4) is 0 Å². The molecule has 3 heteroatoms. The maximum absolute atomic E-state index is 12.7. The third-order valence-electron chi connectivity index (χ3n) is 3.24. The van der Waals surface area contributed by atoms with E-state index in [1.54, 1.807) is 18.2 Å². The van der Waals surface area contributed by atoms with Gasteiger partial charge in [0.15, 0.2) is 5.78 Å². The van der Waals surface area contributed by atoms with Gasteiger partial charge in [0.1, 0.15) is 0 Å². The summed E-state index contributed by atoms with van der Waals surface area (Å²) in [6, 6.07) is 13.0. The van der Waals surface area contributed by atoms with Crippen molar-refractivity contribution in [1.82, 2.24) is 0 Å². The molecule has 0 unspecified atom stereocenters. The molecule has 0 amide bonds. The number of nitrogen functional groups attached to an aromatic ring is 1. The molecule has 0 saturated carbocycles. The molecule has 2 rings (SSSR count). The van der Waals surface area contributed by atoms with Gasteiger partial charge in [0.05, 0.1) is 0 Å². The van der Waals surface area contributed by atoms with Crippen LogP contribution >= 0.6 is 15.9 Å². The minimum Gasteiger partial charge on any atom is -0.398 e. The fourth-order valence-electron chi connectivity index (χ4n) is 2.16. The van der Waals surface area contributed by atoms with Crippen LogP contribution in [0.4, 0.5) is 5.69 Å². The normalized spacial score (nSPS) is 11.4. The molecule has 20 heavy (non-hydrogen) atoms. The number of carbonyl (C=O) groups is 1. The Morgan fingerprint density at radius 1 is 1.10 bits per heavy atom. The van der Waals surface area contributed by atoms with E-state index in [9.17, 15) is 4.79 Å². The van der Waals surface area contributed by atoms with Gasteiger partial charge in [-0.15, -0.1) is 0 Å². The molecule has 2 nitrogen and oxygen atoms in total. The van der Waals surface area contributed by atoms with Gasteiger partial charge in [-0.05, 0) is 45.1 Å².